The number of nitrogens with one attached hydrogen (secondary N) is 2. The largest absolute Gasteiger partial charge is 0.337 e. The molecule has 0 saturated carbocycles. The van der Waals surface area contributed by atoms with Crippen molar-refractivity contribution in [3.63, 3.8) is 0 Å². The van der Waals surface area contributed by atoms with E-state index < -0.39 is 0 Å². The molecule has 0 amide bonds. The van der Waals surface area contributed by atoms with Crippen LogP contribution in [0.2, 0.25) is 0 Å². The summed E-state index contributed by atoms with van der Waals surface area (Å²) in [6.07, 6.45) is 9.94. The Bertz CT molecular complexity index is 698. The average molecular weight is 316 g/mol. The number of imidazole rings is 1. The zero-order chi connectivity index (χ0) is 15.5. The Morgan fingerprint density at radius 3 is 2.68 bits per heavy atom. The summed E-state index contributed by atoms with van der Waals surface area (Å²) >= 11 is 5.18. The molecule has 2 aromatic rings. The van der Waals surface area contributed by atoms with E-state index in [0.717, 1.165) is 12.8 Å². The van der Waals surface area contributed by atoms with E-state index in [1.807, 2.05) is 18.3 Å². The minimum atomic E-state index is -0.180. The number of H-pyrrole nitrogens is 2. The van der Waals surface area contributed by atoms with E-state index >= 15 is 0 Å². The molecular formula is C18H21FN2S. The highest BCUT2D eigenvalue weighted by Crippen LogP contribution is 2.39. The van der Waals surface area contributed by atoms with E-state index in [0.29, 0.717) is 22.5 Å². The Hall–Kier alpha value is -1.68. The molecule has 1 aliphatic rings. The Morgan fingerprint density at radius 1 is 1.32 bits per heavy atom. The van der Waals surface area contributed by atoms with E-state index in [1.54, 1.807) is 12.1 Å². The van der Waals surface area contributed by atoms with Crippen molar-refractivity contribution in [1.29, 1.82) is 0 Å². The number of allylic oxidation sites excluding steroid dienone is 2. The molecule has 1 aliphatic carbocycles. The standard InChI is InChI=1S/C18H21FN2S/c1-12(13-6-8-15(19)9-7-13)10-16(14-4-2-3-5-14)17-11-20-18(22)21-17/h2,4,6-9,11-12,14,16H,3,5,10H2,1H3,(H2,20,21,22). The predicted molar refractivity (Wildman–Crippen MR) is 90.0 cm³/mol. The van der Waals surface area contributed by atoms with E-state index in [4.69, 9.17) is 12.2 Å². The quantitative estimate of drug-likeness (QED) is 0.557. The van der Waals surface area contributed by atoms with Gasteiger partial charge in [-0.3, -0.25) is 0 Å². The molecule has 0 spiro atoms. The fourth-order valence-electron chi connectivity index (χ4n) is 3.38. The number of aromatic amines is 2. The maximum atomic E-state index is 13.1. The van der Waals surface area contributed by atoms with Crippen LogP contribution in [0, 0.1) is 16.5 Å². The van der Waals surface area contributed by atoms with Crippen LogP contribution in [0.25, 0.3) is 0 Å². The number of aromatic nitrogens is 2. The minimum Gasteiger partial charge on any atom is -0.337 e. The summed E-state index contributed by atoms with van der Waals surface area (Å²) in [5.41, 5.74) is 2.36. The lowest BCUT2D eigenvalue weighted by molar-refractivity contribution is 0.433. The van der Waals surface area contributed by atoms with Gasteiger partial charge in [-0.2, -0.15) is 0 Å². The van der Waals surface area contributed by atoms with Crippen LogP contribution in [0.15, 0.2) is 42.6 Å². The summed E-state index contributed by atoms with van der Waals surface area (Å²) in [6, 6.07) is 6.86. The van der Waals surface area contributed by atoms with Crippen molar-refractivity contribution in [2.24, 2.45) is 5.92 Å². The second-order valence-corrected chi connectivity index (χ2v) is 6.57. The van der Waals surface area contributed by atoms with Crippen LogP contribution in [0.4, 0.5) is 4.39 Å². The second-order valence-electron chi connectivity index (χ2n) is 6.16. The molecule has 3 atom stereocenters. The Labute approximate surface area is 135 Å². The van der Waals surface area contributed by atoms with Gasteiger partial charge in [-0.15, -0.1) is 0 Å². The molecule has 1 heterocycles. The van der Waals surface area contributed by atoms with Gasteiger partial charge in [-0.05, 0) is 61.0 Å². The van der Waals surface area contributed by atoms with Gasteiger partial charge in [0, 0.05) is 17.8 Å². The number of hydrogen-bond acceptors (Lipinski definition) is 1. The third kappa shape index (κ3) is 3.38. The summed E-state index contributed by atoms with van der Waals surface area (Å²) in [7, 11) is 0. The highest BCUT2D eigenvalue weighted by Gasteiger charge is 2.26. The highest BCUT2D eigenvalue weighted by molar-refractivity contribution is 7.71. The number of halogens is 1. The van der Waals surface area contributed by atoms with Crippen molar-refractivity contribution in [2.45, 2.75) is 38.0 Å². The van der Waals surface area contributed by atoms with Crippen LogP contribution in [0.5, 0.6) is 0 Å². The first-order valence-corrected chi connectivity index (χ1v) is 8.24. The third-order valence-electron chi connectivity index (χ3n) is 4.63. The first-order chi connectivity index (χ1) is 10.6. The van der Waals surface area contributed by atoms with Crippen LogP contribution >= 0.6 is 12.2 Å². The predicted octanol–water partition coefficient (Wildman–Crippen LogP) is 5.45. The molecule has 3 unspecified atom stereocenters. The molecule has 0 radical (unpaired) electrons. The van der Waals surface area contributed by atoms with Gasteiger partial charge in [0.15, 0.2) is 4.77 Å². The number of rotatable bonds is 5. The smallest absolute Gasteiger partial charge is 0.174 e. The van der Waals surface area contributed by atoms with Crippen LogP contribution in [-0.4, -0.2) is 9.97 Å². The van der Waals surface area contributed by atoms with Crippen molar-refractivity contribution in [3.8, 4) is 0 Å². The van der Waals surface area contributed by atoms with Crippen LogP contribution < -0.4 is 0 Å². The number of benzene rings is 1. The van der Waals surface area contributed by atoms with Crippen LogP contribution in [0.3, 0.4) is 0 Å². The maximum Gasteiger partial charge on any atom is 0.174 e. The van der Waals surface area contributed by atoms with Gasteiger partial charge >= 0.3 is 0 Å². The molecule has 1 aromatic heterocycles. The fraction of sp³-hybridized carbons (Fsp3) is 0.389. The topological polar surface area (TPSA) is 31.6 Å². The van der Waals surface area contributed by atoms with Crippen LogP contribution in [0.1, 0.15) is 49.3 Å². The van der Waals surface area contributed by atoms with Crippen molar-refractivity contribution in [1.82, 2.24) is 9.97 Å². The van der Waals surface area contributed by atoms with Crippen molar-refractivity contribution in [2.75, 3.05) is 0 Å². The second kappa shape index (κ2) is 6.61. The van der Waals surface area contributed by atoms with E-state index in [1.165, 1.54) is 17.7 Å². The Balaban J connectivity index is 1.81. The molecule has 3 rings (SSSR count). The first-order valence-electron chi connectivity index (χ1n) is 7.83. The molecular weight excluding hydrogens is 295 g/mol. The molecule has 2 N–H and O–H groups in total. The first kappa shape index (κ1) is 15.2. The van der Waals surface area contributed by atoms with E-state index in [-0.39, 0.29) is 5.82 Å². The molecule has 2 nitrogen and oxygen atoms in total. The zero-order valence-corrected chi connectivity index (χ0v) is 13.5. The van der Waals surface area contributed by atoms with Crippen molar-refractivity contribution in [3.05, 3.63) is 64.5 Å². The summed E-state index contributed by atoms with van der Waals surface area (Å²) in [6.45, 7) is 2.21. The normalized spacial score (nSPS) is 20.2. The fourth-order valence-corrected chi connectivity index (χ4v) is 3.55. The molecule has 0 aliphatic heterocycles. The lowest BCUT2D eigenvalue weighted by Crippen LogP contribution is -2.13. The molecule has 4 heteroatoms. The number of hydrogen-bond donors (Lipinski definition) is 2. The lowest BCUT2D eigenvalue weighted by atomic mass is 9.80. The van der Waals surface area contributed by atoms with Gasteiger partial charge in [0.25, 0.3) is 0 Å². The summed E-state index contributed by atoms with van der Waals surface area (Å²) in [4.78, 5) is 6.36. The summed E-state index contributed by atoms with van der Waals surface area (Å²) in [5, 5.41) is 0. The molecule has 0 saturated heterocycles. The van der Waals surface area contributed by atoms with Gasteiger partial charge in [0.05, 0.1) is 0 Å². The monoisotopic (exact) mass is 316 g/mol. The third-order valence-corrected chi connectivity index (χ3v) is 4.85. The Kier molecular flexibility index (Phi) is 4.57. The van der Waals surface area contributed by atoms with E-state index in [2.05, 4.69) is 29.0 Å². The molecule has 1 aromatic carbocycles. The highest BCUT2D eigenvalue weighted by atomic mass is 32.1. The molecule has 0 bridgehead atoms. The van der Waals surface area contributed by atoms with Crippen molar-refractivity contribution >= 4 is 12.2 Å². The summed E-state index contributed by atoms with van der Waals surface area (Å²) < 4.78 is 13.8. The van der Waals surface area contributed by atoms with Crippen molar-refractivity contribution < 1.29 is 4.39 Å². The summed E-state index contributed by atoms with van der Waals surface area (Å²) in [5.74, 6) is 1.15. The van der Waals surface area contributed by atoms with Gasteiger partial charge in [-0.1, -0.05) is 31.2 Å². The molecule has 116 valence electrons. The average Bonchev–Trinajstić information content (AvgIpc) is 3.17. The van der Waals surface area contributed by atoms with Gasteiger partial charge in [0.1, 0.15) is 5.82 Å². The minimum absolute atomic E-state index is 0.180. The van der Waals surface area contributed by atoms with Gasteiger partial charge in [0.2, 0.25) is 0 Å². The van der Waals surface area contributed by atoms with Gasteiger partial charge < -0.3 is 9.97 Å². The Morgan fingerprint density at radius 2 is 2.09 bits per heavy atom. The van der Waals surface area contributed by atoms with Gasteiger partial charge in [-0.25, -0.2) is 4.39 Å². The lowest BCUT2D eigenvalue weighted by Gasteiger charge is -2.25. The molecule has 22 heavy (non-hydrogen) atoms. The molecule has 0 fully saturated rings. The maximum absolute atomic E-state index is 13.1. The van der Waals surface area contributed by atoms with E-state index in [9.17, 15) is 4.39 Å². The zero-order valence-electron chi connectivity index (χ0n) is 12.7. The SMILES string of the molecule is CC(CC(c1c[nH]c(=S)[nH]1)C1C=CCC1)c1ccc(F)cc1. The van der Waals surface area contributed by atoms with Crippen LogP contribution in [-0.2, 0) is 0 Å².